The molecule has 0 N–H and O–H groups in total. The molecule has 0 aromatic heterocycles. The summed E-state index contributed by atoms with van der Waals surface area (Å²) in [7, 11) is 0. The molecule has 4 nitrogen and oxygen atoms in total. The van der Waals surface area contributed by atoms with E-state index in [1.807, 2.05) is 16.7 Å². The summed E-state index contributed by atoms with van der Waals surface area (Å²) in [4.78, 5) is 29.3. The Hall–Kier alpha value is -1.49. The van der Waals surface area contributed by atoms with E-state index in [0.29, 0.717) is 13.1 Å². The van der Waals surface area contributed by atoms with Crippen LogP contribution in [0.5, 0.6) is 0 Å². The average molecular weight is 403 g/mol. The van der Waals surface area contributed by atoms with Crippen molar-refractivity contribution >= 4 is 23.6 Å². The molecule has 1 aromatic rings. The summed E-state index contributed by atoms with van der Waals surface area (Å²) in [5.41, 5.74) is 2.58. The first-order valence-electron chi connectivity index (χ1n) is 10.5. The van der Waals surface area contributed by atoms with Crippen molar-refractivity contribution in [1.29, 1.82) is 0 Å². The molecule has 1 aliphatic carbocycles. The van der Waals surface area contributed by atoms with Crippen molar-refractivity contribution in [3.63, 3.8) is 0 Å². The van der Waals surface area contributed by atoms with E-state index < -0.39 is 0 Å². The van der Waals surface area contributed by atoms with E-state index in [0.717, 1.165) is 12.8 Å². The number of rotatable bonds is 6. The maximum absolute atomic E-state index is 12.8. The largest absolute Gasteiger partial charge is 0.338 e. The Morgan fingerprint density at radius 3 is 2.32 bits per heavy atom. The van der Waals surface area contributed by atoms with Crippen LogP contribution < -0.4 is 0 Å². The lowest BCUT2D eigenvalue weighted by molar-refractivity contribution is -0.136. The molecule has 0 spiro atoms. The minimum atomic E-state index is -0.0427. The Morgan fingerprint density at radius 2 is 1.82 bits per heavy atom. The lowest BCUT2D eigenvalue weighted by Gasteiger charge is -2.31. The maximum Gasteiger partial charge on any atom is 0.236 e. The van der Waals surface area contributed by atoms with Crippen molar-refractivity contribution in [3.8, 4) is 0 Å². The van der Waals surface area contributed by atoms with Gasteiger partial charge in [-0.3, -0.25) is 9.59 Å². The number of nitrogens with zero attached hydrogens (tertiary/aromatic N) is 2. The molecule has 2 unspecified atom stereocenters. The van der Waals surface area contributed by atoms with Crippen LogP contribution >= 0.6 is 11.8 Å². The highest BCUT2D eigenvalue weighted by molar-refractivity contribution is 8.01. The van der Waals surface area contributed by atoms with E-state index in [1.54, 1.807) is 11.8 Å². The molecule has 1 aliphatic heterocycles. The Bertz CT molecular complexity index is 719. The van der Waals surface area contributed by atoms with Gasteiger partial charge in [0.2, 0.25) is 11.8 Å². The highest BCUT2D eigenvalue weighted by Crippen LogP contribution is 2.43. The quantitative estimate of drug-likeness (QED) is 0.698. The number of carbonyl (C=O) groups is 2. The van der Waals surface area contributed by atoms with Gasteiger partial charge in [0.1, 0.15) is 5.37 Å². The molecule has 5 heteroatoms. The van der Waals surface area contributed by atoms with Crippen LogP contribution in [0.3, 0.4) is 0 Å². The molecule has 0 bridgehead atoms. The predicted molar refractivity (Wildman–Crippen MR) is 116 cm³/mol. The van der Waals surface area contributed by atoms with Crippen LogP contribution in [0.1, 0.15) is 70.9 Å². The SMILES string of the molecule is CC1SC(c2ccc(C(C)(C)C)cc2)N(CCN(C(=O)C2CC2)C(C)C)C1=O. The number of hydrogen-bond donors (Lipinski definition) is 0. The number of hydrogen-bond acceptors (Lipinski definition) is 3. The van der Waals surface area contributed by atoms with Gasteiger partial charge in [-0.25, -0.2) is 0 Å². The molecule has 28 heavy (non-hydrogen) atoms. The minimum absolute atomic E-state index is 0.0292. The third-order valence-corrected chi connectivity index (χ3v) is 7.12. The van der Waals surface area contributed by atoms with Crippen molar-refractivity contribution in [2.45, 2.75) is 76.5 Å². The summed E-state index contributed by atoms with van der Waals surface area (Å²) < 4.78 is 0. The first kappa shape index (κ1) is 21.2. The first-order chi connectivity index (χ1) is 13.1. The van der Waals surface area contributed by atoms with E-state index in [1.165, 1.54) is 11.1 Å². The van der Waals surface area contributed by atoms with Crippen molar-refractivity contribution in [1.82, 2.24) is 9.80 Å². The molecule has 2 amide bonds. The van der Waals surface area contributed by atoms with Crippen molar-refractivity contribution in [3.05, 3.63) is 35.4 Å². The maximum atomic E-state index is 12.8. The van der Waals surface area contributed by atoms with Crippen LogP contribution in [0.4, 0.5) is 0 Å². The van der Waals surface area contributed by atoms with Gasteiger partial charge in [0.15, 0.2) is 0 Å². The molecule has 2 atom stereocenters. The number of amides is 2. The van der Waals surface area contributed by atoms with Crippen LogP contribution in [-0.4, -0.2) is 46.0 Å². The summed E-state index contributed by atoms with van der Waals surface area (Å²) >= 11 is 1.71. The van der Waals surface area contributed by atoms with Crippen LogP contribution in [0.25, 0.3) is 0 Å². The average Bonchev–Trinajstić information content (AvgIpc) is 3.43. The van der Waals surface area contributed by atoms with Crippen LogP contribution in [-0.2, 0) is 15.0 Å². The molecule has 1 aromatic carbocycles. The first-order valence-corrected chi connectivity index (χ1v) is 11.4. The monoisotopic (exact) mass is 402 g/mol. The van der Waals surface area contributed by atoms with Crippen molar-refractivity contribution < 1.29 is 9.59 Å². The smallest absolute Gasteiger partial charge is 0.236 e. The minimum Gasteiger partial charge on any atom is -0.338 e. The molecular weight excluding hydrogens is 368 g/mol. The number of benzene rings is 1. The van der Waals surface area contributed by atoms with Gasteiger partial charge in [-0.2, -0.15) is 0 Å². The highest BCUT2D eigenvalue weighted by Gasteiger charge is 2.40. The van der Waals surface area contributed by atoms with E-state index >= 15 is 0 Å². The van der Waals surface area contributed by atoms with Gasteiger partial charge in [0.05, 0.1) is 5.25 Å². The standard InChI is InChI=1S/C23H34N2O2S/c1-15(2)24(21(27)17-7-8-17)13-14-25-20(26)16(3)28-22(25)18-9-11-19(12-10-18)23(4,5)6/h9-12,15-17,22H,7-8,13-14H2,1-6H3. The second-order valence-corrected chi connectivity index (χ2v) is 10.9. The van der Waals surface area contributed by atoms with E-state index in [4.69, 9.17) is 0 Å². The molecule has 0 radical (unpaired) electrons. The zero-order valence-corrected chi connectivity index (χ0v) is 18.9. The van der Waals surface area contributed by atoms with Gasteiger partial charge >= 0.3 is 0 Å². The van der Waals surface area contributed by atoms with Crippen LogP contribution in [0, 0.1) is 5.92 Å². The van der Waals surface area contributed by atoms with Gasteiger partial charge in [-0.15, -0.1) is 11.8 Å². The van der Waals surface area contributed by atoms with Gasteiger partial charge < -0.3 is 9.80 Å². The predicted octanol–water partition coefficient (Wildman–Crippen LogP) is 4.59. The van der Waals surface area contributed by atoms with E-state index in [9.17, 15) is 9.59 Å². The second kappa shape index (κ2) is 8.10. The summed E-state index contributed by atoms with van der Waals surface area (Å²) in [6, 6.07) is 8.84. The fourth-order valence-electron chi connectivity index (χ4n) is 3.71. The molecule has 154 valence electrons. The fraction of sp³-hybridized carbons (Fsp3) is 0.652. The van der Waals surface area contributed by atoms with Gasteiger partial charge in [0, 0.05) is 25.0 Å². The van der Waals surface area contributed by atoms with Crippen LogP contribution in [0.2, 0.25) is 0 Å². The van der Waals surface area contributed by atoms with Crippen molar-refractivity contribution in [2.75, 3.05) is 13.1 Å². The van der Waals surface area contributed by atoms with E-state index in [-0.39, 0.29) is 39.8 Å². The zero-order valence-electron chi connectivity index (χ0n) is 18.1. The van der Waals surface area contributed by atoms with Crippen LogP contribution in [0.15, 0.2) is 24.3 Å². The lowest BCUT2D eigenvalue weighted by atomic mass is 9.86. The summed E-state index contributed by atoms with van der Waals surface area (Å²) in [6.07, 6.45) is 2.03. The molecule has 2 fully saturated rings. The van der Waals surface area contributed by atoms with Gasteiger partial charge in [-0.1, -0.05) is 45.0 Å². The number of thioether (sulfide) groups is 1. The Kier molecular flexibility index (Phi) is 6.14. The number of carbonyl (C=O) groups excluding carboxylic acids is 2. The summed E-state index contributed by atoms with van der Waals surface area (Å²) in [6.45, 7) is 13.9. The van der Waals surface area contributed by atoms with Gasteiger partial charge in [-0.05, 0) is 50.2 Å². The lowest BCUT2D eigenvalue weighted by Crippen LogP contribution is -2.44. The topological polar surface area (TPSA) is 40.6 Å². The fourth-order valence-corrected chi connectivity index (χ4v) is 5.02. The van der Waals surface area contributed by atoms with E-state index in [2.05, 4.69) is 58.9 Å². The molecule has 2 aliphatic rings. The van der Waals surface area contributed by atoms with Crippen molar-refractivity contribution in [2.24, 2.45) is 5.92 Å². The molecular formula is C23H34N2O2S. The summed E-state index contributed by atoms with van der Waals surface area (Å²) in [5, 5.41) is -0.0134. The van der Waals surface area contributed by atoms with Gasteiger partial charge in [0.25, 0.3) is 0 Å². The Labute approximate surface area is 174 Å². The third kappa shape index (κ3) is 4.56. The molecule has 1 heterocycles. The Morgan fingerprint density at radius 1 is 1.21 bits per heavy atom. The molecule has 1 saturated carbocycles. The zero-order chi connectivity index (χ0) is 20.6. The summed E-state index contributed by atoms with van der Waals surface area (Å²) in [5.74, 6) is 0.650. The Balaban J connectivity index is 1.74. The molecule has 1 saturated heterocycles. The normalized spacial score (nSPS) is 22.8. The molecule has 3 rings (SSSR count). The second-order valence-electron chi connectivity index (χ2n) is 9.43. The highest BCUT2D eigenvalue weighted by atomic mass is 32.2. The third-order valence-electron chi connectivity index (χ3n) is 5.72.